The molecule has 0 aromatic rings. The largest absolute Gasteiger partial charge is 0.463 e. The summed E-state index contributed by atoms with van der Waals surface area (Å²) in [4.78, 5) is 41.4. The molecule has 2 atom stereocenters. The molecule has 22 heavy (non-hydrogen) atoms. The van der Waals surface area contributed by atoms with Gasteiger partial charge in [-0.15, -0.1) is 0 Å². The van der Waals surface area contributed by atoms with E-state index < -0.39 is 35.0 Å². The van der Waals surface area contributed by atoms with E-state index in [1.807, 2.05) is 5.48 Å². The van der Waals surface area contributed by atoms with Crippen molar-refractivity contribution in [1.82, 2.24) is 5.48 Å². The number of ether oxygens (including phenoxy) is 2. The van der Waals surface area contributed by atoms with Gasteiger partial charge in [0.25, 0.3) is 5.60 Å². The monoisotopic (exact) mass is 313 g/mol. The Morgan fingerprint density at radius 3 is 2.55 bits per heavy atom. The molecule has 0 spiro atoms. The van der Waals surface area contributed by atoms with Crippen LogP contribution in [-0.2, 0) is 23.9 Å². The van der Waals surface area contributed by atoms with Crippen molar-refractivity contribution in [2.75, 3.05) is 6.61 Å². The Balaban J connectivity index is 2.93. The first-order valence-corrected chi connectivity index (χ1v) is 7.18. The van der Waals surface area contributed by atoms with Crippen LogP contribution in [-0.4, -0.2) is 35.7 Å². The molecule has 124 valence electrons. The standard InChI is InChI=1S/C15H23NO6/c1-6-20-12(18)15(10(2)8-7-9-11(15)17)22-16-13(19)21-14(3,4)5/h7,9-10H,6,8H2,1-5H3,(H,16,19)/t10-,15+/m0/s1. The lowest BCUT2D eigenvalue weighted by Crippen LogP contribution is -2.58. The number of rotatable bonds is 4. The molecule has 1 aliphatic rings. The molecule has 0 aromatic heterocycles. The van der Waals surface area contributed by atoms with Gasteiger partial charge in [0.2, 0.25) is 5.78 Å². The van der Waals surface area contributed by atoms with Gasteiger partial charge in [-0.25, -0.2) is 14.4 Å². The molecule has 0 unspecified atom stereocenters. The summed E-state index contributed by atoms with van der Waals surface area (Å²) in [5.41, 5.74) is -0.584. The molecule has 1 rings (SSSR count). The molecule has 1 amide bonds. The predicted octanol–water partition coefficient (Wildman–Crippen LogP) is 1.91. The van der Waals surface area contributed by atoms with Gasteiger partial charge < -0.3 is 9.47 Å². The second-order valence-corrected chi connectivity index (χ2v) is 6.07. The lowest BCUT2D eigenvalue weighted by atomic mass is 9.79. The van der Waals surface area contributed by atoms with Crippen molar-refractivity contribution >= 4 is 17.8 Å². The third-order valence-electron chi connectivity index (χ3n) is 3.09. The minimum atomic E-state index is -1.89. The van der Waals surface area contributed by atoms with E-state index >= 15 is 0 Å². The molecule has 0 radical (unpaired) electrons. The average Bonchev–Trinajstić information content (AvgIpc) is 2.36. The van der Waals surface area contributed by atoms with Crippen LogP contribution in [0.25, 0.3) is 0 Å². The van der Waals surface area contributed by atoms with Crippen LogP contribution in [0, 0.1) is 5.92 Å². The molecule has 7 heteroatoms. The lowest BCUT2D eigenvalue weighted by Gasteiger charge is -2.35. The first kappa shape index (κ1) is 18.2. The summed E-state index contributed by atoms with van der Waals surface area (Å²) < 4.78 is 9.98. The predicted molar refractivity (Wildman–Crippen MR) is 77.7 cm³/mol. The van der Waals surface area contributed by atoms with Crippen molar-refractivity contribution in [2.45, 2.75) is 52.2 Å². The fourth-order valence-corrected chi connectivity index (χ4v) is 2.07. The summed E-state index contributed by atoms with van der Waals surface area (Å²) in [7, 11) is 0. The van der Waals surface area contributed by atoms with Gasteiger partial charge in [0, 0.05) is 5.92 Å². The van der Waals surface area contributed by atoms with Crippen LogP contribution in [0.5, 0.6) is 0 Å². The number of hydrogen-bond acceptors (Lipinski definition) is 6. The van der Waals surface area contributed by atoms with Crippen LogP contribution < -0.4 is 5.48 Å². The second kappa shape index (κ2) is 6.91. The number of hydrogen-bond donors (Lipinski definition) is 1. The van der Waals surface area contributed by atoms with E-state index in [0.717, 1.165) is 0 Å². The summed E-state index contributed by atoms with van der Waals surface area (Å²) in [5.74, 6) is -1.88. The van der Waals surface area contributed by atoms with Gasteiger partial charge in [0.05, 0.1) is 6.61 Å². The maximum absolute atomic E-state index is 12.2. The third kappa shape index (κ3) is 4.07. The van der Waals surface area contributed by atoms with Crippen LogP contribution in [0.15, 0.2) is 12.2 Å². The van der Waals surface area contributed by atoms with E-state index in [1.54, 1.807) is 40.7 Å². The van der Waals surface area contributed by atoms with E-state index in [1.165, 1.54) is 6.08 Å². The molecule has 0 heterocycles. The molecule has 1 aliphatic carbocycles. The Morgan fingerprint density at radius 1 is 1.41 bits per heavy atom. The molecule has 1 N–H and O–H groups in total. The summed E-state index contributed by atoms with van der Waals surface area (Å²) in [5, 5.41) is 0. The van der Waals surface area contributed by atoms with Crippen molar-refractivity contribution < 1.29 is 28.7 Å². The van der Waals surface area contributed by atoms with Crippen LogP contribution in [0.3, 0.4) is 0 Å². The van der Waals surface area contributed by atoms with Gasteiger partial charge in [0.1, 0.15) is 5.60 Å². The van der Waals surface area contributed by atoms with E-state index in [9.17, 15) is 14.4 Å². The van der Waals surface area contributed by atoms with Crippen molar-refractivity contribution in [2.24, 2.45) is 5.92 Å². The number of hydroxylamine groups is 1. The number of carbonyl (C=O) groups is 3. The molecule has 0 saturated heterocycles. The topological polar surface area (TPSA) is 90.9 Å². The fourth-order valence-electron chi connectivity index (χ4n) is 2.07. The average molecular weight is 313 g/mol. The molecule has 0 saturated carbocycles. The smallest absolute Gasteiger partial charge is 0.431 e. The van der Waals surface area contributed by atoms with Gasteiger partial charge >= 0.3 is 12.1 Å². The highest BCUT2D eigenvalue weighted by Crippen LogP contribution is 2.31. The normalized spacial score (nSPS) is 24.8. The number of ketones is 1. The molecule has 0 aromatic carbocycles. The van der Waals surface area contributed by atoms with E-state index in [2.05, 4.69) is 0 Å². The Labute approximate surface area is 129 Å². The second-order valence-electron chi connectivity index (χ2n) is 6.07. The summed E-state index contributed by atoms with van der Waals surface area (Å²) in [6.07, 6.45) is 2.47. The highest BCUT2D eigenvalue weighted by atomic mass is 16.7. The molecule has 0 fully saturated rings. The first-order chi connectivity index (χ1) is 10.1. The quantitative estimate of drug-likeness (QED) is 0.484. The molecular formula is C15H23NO6. The minimum Gasteiger partial charge on any atom is -0.463 e. The van der Waals surface area contributed by atoms with Crippen molar-refractivity contribution in [3.8, 4) is 0 Å². The zero-order valence-corrected chi connectivity index (χ0v) is 13.6. The van der Waals surface area contributed by atoms with Gasteiger partial charge in [0.15, 0.2) is 0 Å². The Morgan fingerprint density at radius 2 is 2.05 bits per heavy atom. The third-order valence-corrected chi connectivity index (χ3v) is 3.09. The fraction of sp³-hybridized carbons (Fsp3) is 0.667. The Bertz CT molecular complexity index is 479. The van der Waals surface area contributed by atoms with Gasteiger partial charge in [-0.1, -0.05) is 13.0 Å². The zero-order chi connectivity index (χ0) is 17.0. The summed E-state index contributed by atoms with van der Waals surface area (Å²) in [6.45, 7) is 8.45. The maximum Gasteiger partial charge on any atom is 0.431 e. The Kier molecular flexibility index (Phi) is 5.71. The molecule has 7 nitrogen and oxygen atoms in total. The van der Waals surface area contributed by atoms with Crippen molar-refractivity contribution in [3.63, 3.8) is 0 Å². The first-order valence-electron chi connectivity index (χ1n) is 7.18. The minimum absolute atomic E-state index is 0.0973. The lowest BCUT2D eigenvalue weighted by molar-refractivity contribution is -0.192. The van der Waals surface area contributed by atoms with E-state index in [0.29, 0.717) is 6.42 Å². The van der Waals surface area contributed by atoms with Crippen LogP contribution in [0.2, 0.25) is 0 Å². The Hall–Kier alpha value is -1.89. The van der Waals surface area contributed by atoms with Gasteiger partial charge in [-0.2, -0.15) is 5.48 Å². The van der Waals surface area contributed by atoms with Crippen LogP contribution in [0.4, 0.5) is 4.79 Å². The molecule has 0 aliphatic heterocycles. The molecule has 0 bridgehead atoms. The van der Waals surface area contributed by atoms with Gasteiger partial charge in [-0.3, -0.25) is 4.79 Å². The number of carbonyl (C=O) groups excluding carboxylic acids is 3. The van der Waals surface area contributed by atoms with Gasteiger partial charge in [-0.05, 0) is 40.2 Å². The number of amides is 1. The van der Waals surface area contributed by atoms with E-state index in [-0.39, 0.29) is 6.61 Å². The van der Waals surface area contributed by atoms with Crippen LogP contribution in [0.1, 0.15) is 41.0 Å². The van der Waals surface area contributed by atoms with Crippen molar-refractivity contribution in [1.29, 1.82) is 0 Å². The maximum atomic E-state index is 12.2. The highest BCUT2D eigenvalue weighted by Gasteiger charge is 2.54. The van der Waals surface area contributed by atoms with Crippen LogP contribution >= 0.6 is 0 Å². The zero-order valence-electron chi connectivity index (χ0n) is 13.6. The van der Waals surface area contributed by atoms with E-state index in [4.69, 9.17) is 14.3 Å². The summed E-state index contributed by atoms with van der Waals surface area (Å²) in [6, 6.07) is 0. The highest BCUT2D eigenvalue weighted by molar-refractivity contribution is 6.13. The number of allylic oxidation sites excluding steroid dienone is 1. The summed E-state index contributed by atoms with van der Waals surface area (Å²) >= 11 is 0. The number of esters is 1. The SMILES string of the molecule is CCOC(=O)[C@]1(ONC(=O)OC(C)(C)C)C(=O)C=CC[C@@H]1C. The number of nitrogens with one attached hydrogen (secondary N) is 1. The molecular weight excluding hydrogens is 290 g/mol. The van der Waals surface area contributed by atoms with Crippen molar-refractivity contribution in [3.05, 3.63) is 12.2 Å².